The van der Waals surface area contributed by atoms with Crippen molar-refractivity contribution in [3.63, 3.8) is 0 Å². The molecule has 0 bridgehead atoms. The fourth-order valence-electron chi connectivity index (χ4n) is 2.31. The van der Waals surface area contributed by atoms with Crippen LogP contribution < -0.4 is 5.32 Å². The fourth-order valence-corrected chi connectivity index (χ4v) is 2.31. The molecule has 0 saturated carbocycles. The average Bonchev–Trinajstić information content (AvgIpc) is 2.88. The molecule has 1 unspecified atom stereocenters. The van der Waals surface area contributed by atoms with E-state index in [1.54, 1.807) is 10.7 Å². The second-order valence-electron chi connectivity index (χ2n) is 5.30. The lowest BCUT2D eigenvalue weighted by atomic mass is 10.1. The summed E-state index contributed by atoms with van der Waals surface area (Å²) in [5.74, 6) is 0.0864. The van der Waals surface area contributed by atoms with E-state index >= 15 is 0 Å². The molecule has 1 aromatic heterocycles. The van der Waals surface area contributed by atoms with Crippen LogP contribution in [0, 0.1) is 5.82 Å². The first-order valence-electron chi connectivity index (χ1n) is 7.12. The molecule has 0 fully saturated rings. The molecule has 4 heteroatoms. The van der Waals surface area contributed by atoms with Gasteiger partial charge < -0.3 is 5.32 Å². The third kappa shape index (κ3) is 2.90. The van der Waals surface area contributed by atoms with Gasteiger partial charge in [0.25, 0.3) is 0 Å². The number of nitrogens with one attached hydrogen (secondary N) is 1. The Kier molecular flexibility index (Phi) is 4.55. The zero-order chi connectivity index (χ0) is 14.7. The van der Waals surface area contributed by atoms with Crippen LogP contribution in [0.4, 0.5) is 4.39 Å². The highest BCUT2D eigenvalue weighted by atomic mass is 19.1. The highest BCUT2D eigenvalue weighted by molar-refractivity contribution is 5.43. The maximum atomic E-state index is 14.3. The van der Waals surface area contributed by atoms with E-state index in [1.807, 2.05) is 32.2 Å². The molecule has 1 aromatic carbocycles. The number of halogens is 1. The molecule has 108 valence electrons. The van der Waals surface area contributed by atoms with Gasteiger partial charge in [-0.25, -0.2) is 9.07 Å². The summed E-state index contributed by atoms with van der Waals surface area (Å²) in [6.45, 7) is 9.08. The number of aromatic nitrogens is 2. The lowest BCUT2D eigenvalue weighted by Gasteiger charge is -2.17. The highest BCUT2D eigenvalue weighted by Crippen LogP contribution is 2.25. The Balaban J connectivity index is 2.48. The Morgan fingerprint density at radius 3 is 2.60 bits per heavy atom. The van der Waals surface area contributed by atoms with Crippen molar-refractivity contribution in [1.82, 2.24) is 15.1 Å². The first-order chi connectivity index (χ1) is 9.54. The van der Waals surface area contributed by atoms with Gasteiger partial charge in [0.2, 0.25) is 0 Å². The van der Waals surface area contributed by atoms with Gasteiger partial charge in [0.15, 0.2) is 0 Å². The summed E-state index contributed by atoms with van der Waals surface area (Å²) >= 11 is 0. The maximum absolute atomic E-state index is 14.3. The van der Waals surface area contributed by atoms with Crippen molar-refractivity contribution in [3.8, 4) is 5.69 Å². The van der Waals surface area contributed by atoms with Gasteiger partial charge in [-0.1, -0.05) is 32.9 Å². The highest BCUT2D eigenvalue weighted by Gasteiger charge is 2.16. The molecule has 0 radical (unpaired) electrons. The van der Waals surface area contributed by atoms with Gasteiger partial charge in [0.05, 0.1) is 5.69 Å². The molecule has 1 heterocycles. The minimum absolute atomic E-state index is 0.0809. The van der Waals surface area contributed by atoms with Gasteiger partial charge in [0.1, 0.15) is 11.5 Å². The smallest absolute Gasteiger partial charge is 0.149 e. The largest absolute Gasteiger partial charge is 0.310 e. The van der Waals surface area contributed by atoms with E-state index in [9.17, 15) is 4.39 Å². The first-order valence-corrected chi connectivity index (χ1v) is 7.12. The molecule has 0 spiro atoms. The third-order valence-corrected chi connectivity index (χ3v) is 3.43. The van der Waals surface area contributed by atoms with Crippen molar-refractivity contribution >= 4 is 0 Å². The second-order valence-corrected chi connectivity index (χ2v) is 5.30. The number of nitrogens with zero attached hydrogens (tertiary/aromatic N) is 2. The normalized spacial score (nSPS) is 12.9. The van der Waals surface area contributed by atoms with Crippen molar-refractivity contribution in [2.24, 2.45) is 0 Å². The predicted octanol–water partition coefficient (Wildman–Crippen LogP) is 3.81. The fraction of sp³-hybridized carbons (Fsp3) is 0.438. The zero-order valence-corrected chi connectivity index (χ0v) is 12.5. The second kappa shape index (κ2) is 6.18. The third-order valence-electron chi connectivity index (χ3n) is 3.43. The molecule has 20 heavy (non-hydrogen) atoms. The van der Waals surface area contributed by atoms with E-state index < -0.39 is 0 Å². The molecular weight excluding hydrogens is 253 g/mol. The minimum Gasteiger partial charge on any atom is -0.310 e. The Morgan fingerprint density at radius 1 is 1.25 bits per heavy atom. The van der Waals surface area contributed by atoms with Crippen molar-refractivity contribution in [3.05, 3.63) is 47.5 Å². The van der Waals surface area contributed by atoms with Crippen molar-refractivity contribution in [2.45, 2.75) is 39.7 Å². The van der Waals surface area contributed by atoms with Gasteiger partial charge in [-0.3, -0.25) is 0 Å². The van der Waals surface area contributed by atoms with Crippen LogP contribution in [0.3, 0.4) is 0 Å². The quantitative estimate of drug-likeness (QED) is 0.899. The zero-order valence-electron chi connectivity index (χ0n) is 12.5. The van der Waals surface area contributed by atoms with E-state index in [-0.39, 0.29) is 11.9 Å². The monoisotopic (exact) mass is 275 g/mol. The molecule has 1 N–H and O–H groups in total. The van der Waals surface area contributed by atoms with Crippen molar-refractivity contribution in [1.29, 1.82) is 0 Å². The SMILES string of the molecule is CCNC(C)c1cccc(F)c1-n1ccc(C(C)C)n1. The number of hydrogen-bond donors (Lipinski definition) is 1. The molecule has 0 aliphatic heterocycles. The van der Waals surface area contributed by atoms with Crippen LogP contribution in [-0.4, -0.2) is 16.3 Å². The number of benzene rings is 1. The number of para-hydroxylation sites is 1. The van der Waals surface area contributed by atoms with Crippen LogP contribution in [0.5, 0.6) is 0 Å². The molecule has 3 nitrogen and oxygen atoms in total. The van der Waals surface area contributed by atoms with Gasteiger partial charge in [-0.15, -0.1) is 0 Å². The van der Waals surface area contributed by atoms with Crippen LogP contribution in [0.25, 0.3) is 5.69 Å². The Bertz CT molecular complexity index is 575. The van der Waals surface area contributed by atoms with Crippen LogP contribution in [0.15, 0.2) is 30.5 Å². The minimum atomic E-state index is -0.245. The predicted molar refractivity (Wildman–Crippen MR) is 79.7 cm³/mol. The average molecular weight is 275 g/mol. The van der Waals surface area contributed by atoms with E-state index in [2.05, 4.69) is 24.3 Å². The Hall–Kier alpha value is -1.68. The summed E-state index contributed by atoms with van der Waals surface area (Å²) in [5.41, 5.74) is 2.42. The summed E-state index contributed by atoms with van der Waals surface area (Å²) < 4.78 is 15.9. The van der Waals surface area contributed by atoms with E-state index in [4.69, 9.17) is 0 Å². The lowest BCUT2D eigenvalue weighted by molar-refractivity contribution is 0.568. The molecule has 0 aliphatic carbocycles. The standard InChI is InChI=1S/C16H22FN3/c1-5-18-12(4)13-7-6-8-14(17)16(13)20-10-9-15(19-20)11(2)3/h6-12,18H,5H2,1-4H3. The number of hydrogen-bond acceptors (Lipinski definition) is 2. The topological polar surface area (TPSA) is 29.9 Å². The van der Waals surface area contributed by atoms with Crippen LogP contribution in [0.2, 0.25) is 0 Å². The Labute approximate surface area is 119 Å². The van der Waals surface area contributed by atoms with Crippen LogP contribution in [0.1, 0.15) is 50.9 Å². The number of rotatable bonds is 5. The molecule has 0 aliphatic rings. The van der Waals surface area contributed by atoms with Crippen molar-refractivity contribution < 1.29 is 4.39 Å². The maximum Gasteiger partial charge on any atom is 0.149 e. The molecule has 2 rings (SSSR count). The molecule has 0 amide bonds. The summed E-state index contributed by atoms with van der Waals surface area (Å²) in [5, 5.41) is 7.81. The molecular formula is C16H22FN3. The van der Waals surface area contributed by atoms with E-state index in [0.29, 0.717) is 11.6 Å². The first kappa shape index (κ1) is 14.7. The summed E-state index contributed by atoms with van der Waals surface area (Å²) in [7, 11) is 0. The lowest BCUT2D eigenvalue weighted by Crippen LogP contribution is -2.20. The van der Waals surface area contributed by atoms with Crippen LogP contribution in [-0.2, 0) is 0 Å². The molecule has 2 aromatic rings. The summed E-state index contributed by atoms with van der Waals surface area (Å²) in [4.78, 5) is 0. The van der Waals surface area contributed by atoms with Crippen molar-refractivity contribution in [2.75, 3.05) is 6.54 Å². The van der Waals surface area contributed by atoms with Gasteiger partial charge in [-0.05, 0) is 37.1 Å². The Morgan fingerprint density at radius 2 is 2.00 bits per heavy atom. The van der Waals surface area contributed by atoms with E-state index in [1.165, 1.54) is 6.07 Å². The van der Waals surface area contributed by atoms with E-state index in [0.717, 1.165) is 17.8 Å². The molecule has 1 atom stereocenters. The van der Waals surface area contributed by atoms with Gasteiger partial charge in [-0.2, -0.15) is 5.10 Å². The van der Waals surface area contributed by atoms with Crippen LogP contribution >= 0.6 is 0 Å². The summed E-state index contributed by atoms with van der Waals surface area (Å²) in [6.07, 6.45) is 1.83. The van der Waals surface area contributed by atoms with Gasteiger partial charge in [0, 0.05) is 12.2 Å². The molecule has 0 saturated heterocycles. The van der Waals surface area contributed by atoms with Gasteiger partial charge >= 0.3 is 0 Å². The summed E-state index contributed by atoms with van der Waals surface area (Å²) in [6, 6.07) is 7.20.